The van der Waals surface area contributed by atoms with E-state index in [1.807, 2.05) is 24.1 Å². The molecule has 3 atom stereocenters. The van der Waals surface area contributed by atoms with Gasteiger partial charge in [-0.15, -0.1) is 0 Å². The van der Waals surface area contributed by atoms with Crippen LogP contribution in [0.4, 0.5) is 0 Å². The summed E-state index contributed by atoms with van der Waals surface area (Å²) in [6.07, 6.45) is 6.18. The van der Waals surface area contributed by atoms with Crippen LogP contribution in [0, 0.1) is 11.8 Å². The van der Waals surface area contributed by atoms with Gasteiger partial charge in [-0.25, -0.2) is 5.06 Å². The summed E-state index contributed by atoms with van der Waals surface area (Å²) in [4.78, 5) is 20.6. The molecule has 0 N–H and O–H groups in total. The average molecular weight is 320 g/mol. The Bertz CT molecular complexity index is 569. The van der Waals surface area contributed by atoms with Crippen molar-refractivity contribution in [2.45, 2.75) is 25.5 Å². The van der Waals surface area contributed by atoms with Crippen molar-refractivity contribution in [2.75, 3.05) is 32.8 Å². The van der Waals surface area contributed by atoms with Crippen molar-refractivity contribution < 1.29 is 14.4 Å². The number of carbonyl (C=O) groups excluding carboxylic acids is 1. The highest BCUT2D eigenvalue weighted by Gasteiger charge is 2.48. The number of aromatic nitrogens is 2. The minimum Gasteiger partial charge on any atom is -0.376 e. The largest absolute Gasteiger partial charge is 0.376 e. The molecule has 0 radical (unpaired) electrons. The van der Waals surface area contributed by atoms with Gasteiger partial charge in [0.1, 0.15) is 0 Å². The van der Waals surface area contributed by atoms with Crippen LogP contribution in [-0.2, 0) is 28.0 Å². The summed E-state index contributed by atoms with van der Waals surface area (Å²) in [5.74, 6) is 0.335. The van der Waals surface area contributed by atoms with E-state index in [4.69, 9.17) is 9.57 Å². The molecule has 0 aliphatic carbocycles. The molecule has 7 heteroatoms. The van der Waals surface area contributed by atoms with Crippen LogP contribution in [0.5, 0.6) is 0 Å². The smallest absolute Gasteiger partial charge is 0.251 e. The predicted octanol–water partition coefficient (Wildman–Crippen LogP) is 0.421. The molecule has 1 aromatic rings. The van der Waals surface area contributed by atoms with Crippen molar-refractivity contribution >= 4 is 5.91 Å². The Morgan fingerprint density at radius 3 is 3.04 bits per heavy atom. The molecule has 3 fully saturated rings. The second-order valence-corrected chi connectivity index (χ2v) is 6.84. The molecule has 0 aromatic carbocycles. The first-order chi connectivity index (χ1) is 11.2. The second-order valence-electron chi connectivity index (χ2n) is 6.84. The summed E-state index contributed by atoms with van der Waals surface area (Å²) in [5, 5.41) is 5.79. The van der Waals surface area contributed by atoms with Crippen molar-refractivity contribution in [3.63, 3.8) is 0 Å². The second kappa shape index (κ2) is 6.22. The molecule has 0 unspecified atom stereocenters. The molecule has 1 aromatic heterocycles. The van der Waals surface area contributed by atoms with Gasteiger partial charge in [0.15, 0.2) is 0 Å². The Balaban J connectivity index is 1.38. The normalized spacial score (nSPS) is 31.5. The zero-order valence-corrected chi connectivity index (χ0v) is 13.6. The maximum atomic E-state index is 12.7. The lowest BCUT2D eigenvalue weighted by molar-refractivity contribution is -0.202. The van der Waals surface area contributed by atoms with Crippen LogP contribution in [0.25, 0.3) is 0 Å². The number of hydrogen-bond acceptors (Lipinski definition) is 5. The van der Waals surface area contributed by atoms with Gasteiger partial charge >= 0.3 is 0 Å². The molecule has 126 valence electrons. The van der Waals surface area contributed by atoms with Crippen LogP contribution in [0.1, 0.15) is 18.4 Å². The number of amides is 1. The van der Waals surface area contributed by atoms with Gasteiger partial charge in [-0.1, -0.05) is 0 Å². The van der Waals surface area contributed by atoms with Crippen LogP contribution < -0.4 is 0 Å². The molecule has 4 rings (SSSR count). The Morgan fingerprint density at radius 1 is 1.39 bits per heavy atom. The molecule has 3 saturated heterocycles. The third-order valence-electron chi connectivity index (χ3n) is 5.12. The zero-order valence-electron chi connectivity index (χ0n) is 13.6. The number of rotatable bonds is 3. The fourth-order valence-electron chi connectivity index (χ4n) is 3.94. The van der Waals surface area contributed by atoms with Gasteiger partial charge in [-0.2, -0.15) is 5.10 Å². The molecule has 3 aliphatic rings. The molecule has 3 aliphatic heterocycles. The van der Waals surface area contributed by atoms with Crippen LogP contribution in [0.3, 0.4) is 0 Å². The monoisotopic (exact) mass is 320 g/mol. The summed E-state index contributed by atoms with van der Waals surface area (Å²) >= 11 is 0. The van der Waals surface area contributed by atoms with Gasteiger partial charge in [-0.3, -0.25) is 19.2 Å². The first-order valence-corrected chi connectivity index (χ1v) is 8.46. The highest BCUT2D eigenvalue weighted by Crippen LogP contribution is 2.35. The Hall–Kier alpha value is -1.44. The van der Waals surface area contributed by atoms with E-state index in [1.165, 1.54) is 5.56 Å². The van der Waals surface area contributed by atoms with Crippen LogP contribution in [0.15, 0.2) is 12.4 Å². The van der Waals surface area contributed by atoms with E-state index in [0.29, 0.717) is 19.8 Å². The van der Waals surface area contributed by atoms with E-state index in [9.17, 15) is 4.79 Å². The van der Waals surface area contributed by atoms with Gasteiger partial charge in [0.05, 0.1) is 31.4 Å². The SMILES string of the molecule is Cn1cc(CN2C[C@@H]3[C@@H](C(=O)N4CCCCO4)CO[C@@H]3C2)cn1. The van der Waals surface area contributed by atoms with Crippen LogP contribution >= 0.6 is 0 Å². The molecular weight excluding hydrogens is 296 g/mol. The summed E-state index contributed by atoms with van der Waals surface area (Å²) < 4.78 is 7.73. The minimum atomic E-state index is -0.0583. The van der Waals surface area contributed by atoms with Crippen LogP contribution in [-0.4, -0.2) is 64.6 Å². The number of likely N-dealkylation sites (tertiary alicyclic amines) is 1. The fourth-order valence-corrected chi connectivity index (χ4v) is 3.94. The standard InChI is InChI=1S/C16H24N4O3/c1-18-7-12(6-17-18)8-19-9-13-14(11-22-15(13)10-19)16(21)20-4-2-3-5-23-20/h6-7,13-15H,2-5,8-11H2,1H3/t13-,14+,15-/m1/s1. The number of ether oxygens (including phenoxy) is 1. The molecule has 0 bridgehead atoms. The quantitative estimate of drug-likeness (QED) is 0.808. The third kappa shape index (κ3) is 3.00. The molecule has 0 saturated carbocycles. The lowest BCUT2D eigenvalue weighted by atomic mass is 9.92. The van der Waals surface area contributed by atoms with Gasteiger partial charge < -0.3 is 4.74 Å². The molecule has 23 heavy (non-hydrogen) atoms. The zero-order chi connectivity index (χ0) is 15.8. The summed E-state index contributed by atoms with van der Waals surface area (Å²) in [7, 11) is 1.93. The van der Waals surface area contributed by atoms with E-state index in [1.54, 1.807) is 5.06 Å². The van der Waals surface area contributed by atoms with Gasteiger partial charge in [0, 0.05) is 50.9 Å². The maximum absolute atomic E-state index is 12.7. The molecule has 0 spiro atoms. The van der Waals surface area contributed by atoms with Crippen molar-refractivity contribution in [2.24, 2.45) is 18.9 Å². The fraction of sp³-hybridized carbons (Fsp3) is 0.750. The first-order valence-electron chi connectivity index (χ1n) is 8.46. The lowest BCUT2D eigenvalue weighted by Crippen LogP contribution is -2.42. The summed E-state index contributed by atoms with van der Waals surface area (Å²) in [5.41, 5.74) is 1.20. The van der Waals surface area contributed by atoms with Crippen LogP contribution in [0.2, 0.25) is 0 Å². The Labute approximate surface area is 136 Å². The highest BCUT2D eigenvalue weighted by atomic mass is 16.7. The van der Waals surface area contributed by atoms with Crippen molar-refractivity contribution in [1.29, 1.82) is 0 Å². The molecule has 7 nitrogen and oxygen atoms in total. The Morgan fingerprint density at radius 2 is 2.30 bits per heavy atom. The van der Waals surface area contributed by atoms with E-state index in [2.05, 4.69) is 10.00 Å². The number of carbonyl (C=O) groups is 1. The summed E-state index contributed by atoms with van der Waals surface area (Å²) in [6, 6.07) is 0. The van der Waals surface area contributed by atoms with Crippen molar-refractivity contribution in [1.82, 2.24) is 19.7 Å². The molecule has 1 amide bonds. The van der Waals surface area contributed by atoms with Gasteiger partial charge in [-0.05, 0) is 12.8 Å². The first kappa shape index (κ1) is 15.1. The highest BCUT2D eigenvalue weighted by molar-refractivity contribution is 5.78. The maximum Gasteiger partial charge on any atom is 0.251 e. The van der Waals surface area contributed by atoms with E-state index >= 15 is 0 Å². The number of aryl methyl sites for hydroxylation is 1. The summed E-state index contributed by atoms with van der Waals surface area (Å²) in [6.45, 7) is 4.57. The average Bonchev–Trinajstić information content (AvgIpc) is 3.24. The minimum absolute atomic E-state index is 0.0583. The Kier molecular flexibility index (Phi) is 4.09. The van der Waals surface area contributed by atoms with E-state index < -0.39 is 0 Å². The third-order valence-corrected chi connectivity index (χ3v) is 5.12. The van der Waals surface area contributed by atoms with Gasteiger partial charge in [0.2, 0.25) is 0 Å². The topological polar surface area (TPSA) is 59.8 Å². The predicted molar refractivity (Wildman–Crippen MR) is 82.1 cm³/mol. The molecule has 4 heterocycles. The number of hydrogen-bond donors (Lipinski definition) is 0. The van der Waals surface area contributed by atoms with Gasteiger partial charge in [0.25, 0.3) is 5.91 Å². The molecular formula is C16H24N4O3. The number of hydroxylamine groups is 2. The van der Waals surface area contributed by atoms with E-state index in [-0.39, 0.29) is 23.8 Å². The lowest BCUT2D eigenvalue weighted by Gasteiger charge is -2.29. The van der Waals surface area contributed by atoms with Crippen molar-refractivity contribution in [3.8, 4) is 0 Å². The number of nitrogens with zero attached hydrogens (tertiary/aromatic N) is 4. The van der Waals surface area contributed by atoms with E-state index in [0.717, 1.165) is 32.5 Å². The van der Waals surface area contributed by atoms with Crippen molar-refractivity contribution in [3.05, 3.63) is 18.0 Å². The number of fused-ring (bicyclic) bond motifs is 1.